The third-order valence-electron chi connectivity index (χ3n) is 5.19. The molecular formula is C17H28N4. The highest BCUT2D eigenvalue weighted by molar-refractivity contribution is 5.03. The fourth-order valence-corrected chi connectivity index (χ4v) is 4.05. The molecule has 4 nitrogen and oxygen atoms in total. The second kappa shape index (κ2) is 6.41. The van der Waals surface area contributed by atoms with E-state index in [0.29, 0.717) is 12.1 Å². The standard InChI is InChI=1S/C17H28N4/c1-12(2)21-10-14-5-4-6-15(11-21)17(14)19-9-16-7-8-18-13(3)20-16/h7-8,12,14-15,17,19H,4-6,9-11H2,1-3H3. The van der Waals surface area contributed by atoms with Crippen LogP contribution in [0.25, 0.3) is 0 Å². The van der Waals surface area contributed by atoms with Crippen molar-refractivity contribution in [1.29, 1.82) is 0 Å². The minimum Gasteiger partial charge on any atom is -0.308 e. The van der Waals surface area contributed by atoms with Crippen molar-refractivity contribution in [3.63, 3.8) is 0 Å². The van der Waals surface area contributed by atoms with E-state index in [1.165, 1.54) is 32.4 Å². The Morgan fingerprint density at radius 2 is 2.00 bits per heavy atom. The Morgan fingerprint density at radius 3 is 2.62 bits per heavy atom. The smallest absolute Gasteiger partial charge is 0.125 e. The fourth-order valence-electron chi connectivity index (χ4n) is 4.05. The molecular weight excluding hydrogens is 260 g/mol. The molecule has 1 aliphatic carbocycles. The summed E-state index contributed by atoms with van der Waals surface area (Å²) in [6.07, 6.45) is 6.02. The molecule has 0 radical (unpaired) electrons. The lowest BCUT2D eigenvalue weighted by Crippen LogP contribution is -2.58. The number of nitrogens with one attached hydrogen (secondary N) is 1. The molecule has 1 saturated heterocycles. The van der Waals surface area contributed by atoms with Crippen LogP contribution in [0.2, 0.25) is 0 Å². The van der Waals surface area contributed by atoms with Crippen molar-refractivity contribution in [2.45, 2.75) is 58.7 Å². The van der Waals surface area contributed by atoms with Crippen LogP contribution in [0.15, 0.2) is 12.3 Å². The molecule has 2 bridgehead atoms. The predicted molar refractivity (Wildman–Crippen MR) is 84.9 cm³/mol. The third-order valence-corrected chi connectivity index (χ3v) is 5.19. The van der Waals surface area contributed by atoms with Gasteiger partial charge in [-0.3, -0.25) is 0 Å². The van der Waals surface area contributed by atoms with Gasteiger partial charge < -0.3 is 10.2 Å². The van der Waals surface area contributed by atoms with E-state index in [9.17, 15) is 0 Å². The van der Waals surface area contributed by atoms with Crippen LogP contribution in [0.3, 0.4) is 0 Å². The molecule has 1 N–H and O–H groups in total. The number of likely N-dealkylation sites (tertiary alicyclic amines) is 1. The molecule has 4 heteroatoms. The van der Waals surface area contributed by atoms with Gasteiger partial charge in [0.2, 0.25) is 0 Å². The molecule has 1 aliphatic heterocycles. The minimum atomic E-state index is 0.670. The normalized spacial score (nSPS) is 29.8. The molecule has 2 fully saturated rings. The summed E-state index contributed by atoms with van der Waals surface area (Å²) in [5, 5.41) is 3.81. The van der Waals surface area contributed by atoms with Gasteiger partial charge in [-0.2, -0.15) is 0 Å². The van der Waals surface area contributed by atoms with Crippen LogP contribution in [0, 0.1) is 18.8 Å². The van der Waals surface area contributed by atoms with Gasteiger partial charge >= 0.3 is 0 Å². The Hall–Kier alpha value is -1.00. The van der Waals surface area contributed by atoms with Crippen LogP contribution in [0.4, 0.5) is 0 Å². The van der Waals surface area contributed by atoms with Gasteiger partial charge in [-0.15, -0.1) is 0 Å². The minimum absolute atomic E-state index is 0.670. The van der Waals surface area contributed by atoms with Crippen molar-refractivity contribution >= 4 is 0 Å². The lowest BCUT2D eigenvalue weighted by Gasteiger charge is -2.49. The summed E-state index contributed by atoms with van der Waals surface area (Å²) in [6.45, 7) is 10.0. The molecule has 116 valence electrons. The molecule has 2 aliphatic rings. The van der Waals surface area contributed by atoms with Crippen molar-refractivity contribution in [1.82, 2.24) is 20.2 Å². The fraction of sp³-hybridized carbons (Fsp3) is 0.765. The molecule has 1 saturated carbocycles. The number of fused-ring (bicyclic) bond motifs is 2. The summed E-state index contributed by atoms with van der Waals surface area (Å²) in [7, 11) is 0. The number of hydrogen-bond acceptors (Lipinski definition) is 4. The van der Waals surface area contributed by atoms with Crippen molar-refractivity contribution in [3.05, 3.63) is 23.8 Å². The Labute approximate surface area is 128 Å². The van der Waals surface area contributed by atoms with E-state index < -0.39 is 0 Å². The zero-order valence-corrected chi connectivity index (χ0v) is 13.5. The Morgan fingerprint density at radius 1 is 1.29 bits per heavy atom. The van der Waals surface area contributed by atoms with E-state index in [-0.39, 0.29) is 0 Å². The molecule has 2 heterocycles. The molecule has 1 aromatic heterocycles. The first kappa shape index (κ1) is 14.9. The lowest BCUT2D eigenvalue weighted by atomic mass is 9.73. The molecule has 0 spiro atoms. The lowest BCUT2D eigenvalue weighted by molar-refractivity contribution is 0.0288. The topological polar surface area (TPSA) is 41.1 Å². The van der Waals surface area contributed by atoms with Gasteiger partial charge in [-0.1, -0.05) is 6.42 Å². The second-order valence-electron chi connectivity index (χ2n) is 7.00. The first-order valence-electron chi connectivity index (χ1n) is 8.39. The summed E-state index contributed by atoms with van der Waals surface area (Å²) >= 11 is 0. The molecule has 2 atom stereocenters. The van der Waals surface area contributed by atoms with Crippen LogP contribution in [-0.4, -0.2) is 40.0 Å². The summed E-state index contributed by atoms with van der Waals surface area (Å²) in [5.74, 6) is 2.48. The first-order chi connectivity index (χ1) is 10.1. The average molecular weight is 288 g/mol. The molecule has 2 unspecified atom stereocenters. The monoisotopic (exact) mass is 288 g/mol. The number of aryl methyl sites for hydroxylation is 1. The van der Waals surface area contributed by atoms with E-state index in [1.807, 2.05) is 19.2 Å². The quantitative estimate of drug-likeness (QED) is 0.923. The highest BCUT2D eigenvalue weighted by Gasteiger charge is 2.39. The van der Waals surface area contributed by atoms with Gasteiger partial charge in [0, 0.05) is 37.9 Å². The second-order valence-corrected chi connectivity index (χ2v) is 7.00. The molecule has 21 heavy (non-hydrogen) atoms. The van der Waals surface area contributed by atoms with E-state index in [0.717, 1.165) is 29.9 Å². The van der Waals surface area contributed by atoms with E-state index in [1.54, 1.807) is 0 Å². The van der Waals surface area contributed by atoms with Crippen LogP contribution < -0.4 is 5.32 Å². The maximum Gasteiger partial charge on any atom is 0.125 e. The van der Waals surface area contributed by atoms with Gasteiger partial charge in [0.25, 0.3) is 0 Å². The Kier molecular flexibility index (Phi) is 4.55. The maximum absolute atomic E-state index is 4.51. The van der Waals surface area contributed by atoms with Gasteiger partial charge in [0.05, 0.1) is 5.69 Å². The van der Waals surface area contributed by atoms with E-state index in [2.05, 4.69) is 34.0 Å². The number of rotatable bonds is 4. The zero-order chi connectivity index (χ0) is 14.8. The van der Waals surface area contributed by atoms with Crippen molar-refractivity contribution < 1.29 is 0 Å². The summed E-state index contributed by atoms with van der Waals surface area (Å²) in [6, 6.07) is 3.38. The average Bonchev–Trinajstić information content (AvgIpc) is 2.44. The predicted octanol–water partition coefficient (Wildman–Crippen LogP) is 2.38. The summed E-state index contributed by atoms with van der Waals surface area (Å²) in [4.78, 5) is 11.4. The Balaban J connectivity index is 1.63. The third kappa shape index (κ3) is 3.43. The SMILES string of the molecule is Cc1nccc(CNC2C3CCCC2CN(C(C)C)C3)n1. The number of aromatic nitrogens is 2. The van der Waals surface area contributed by atoms with Crippen LogP contribution >= 0.6 is 0 Å². The molecule has 1 aromatic rings. The van der Waals surface area contributed by atoms with Crippen molar-refractivity contribution in [2.75, 3.05) is 13.1 Å². The number of hydrogen-bond donors (Lipinski definition) is 1. The molecule has 0 aromatic carbocycles. The van der Waals surface area contributed by atoms with Gasteiger partial charge in [0.1, 0.15) is 5.82 Å². The van der Waals surface area contributed by atoms with Gasteiger partial charge in [-0.05, 0) is 51.5 Å². The number of piperidine rings is 1. The molecule has 0 amide bonds. The van der Waals surface area contributed by atoms with E-state index in [4.69, 9.17) is 0 Å². The van der Waals surface area contributed by atoms with Gasteiger partial charge in [0.15, 0.2) is 0 Å². The van der Waals surface area contributed by atoms with Crippen molar-refractivity contribution in [3.8, 4) is 0 Å². The zero-order valence-electron chi connectivity index (χ0n) is 13.5. The highest BCUT2D eigenvalue weighted by Crippen LogP contribution is 2.35. The highest BCUT2D eigenvalue weighted by atomic mass is 15.2. The Bertz CT molecular complexity index is 460. The summed E-state index contributed by atoms with van der Waals surface area (Å²) < 4.78 is 0. The largest absolute Gasteiger partial charge is 0.308 e. The van der Waals surface area contributed by atoms with Crippen LogP contribution in [0.5, 0.6) is 0 Å². The van der Waals surface area contributed by atoms with Crippen molar-refractivity contribution in [2.24, 2.45) is 11.8 Å². The number of nitrogens with zero attached hydrogens (tertiary/aromatic N) is 3. The maximum atomic E-state index is 4.51. The van der Waals surface area contributed by atoms with E-state index >= 15 is 0 Å². The van der Waals surface area contributed by atoms with Crippen LogP contribution in [0.1, 0.15) is 44.6 Å². The molecule has 3 rings (SSSR count). The first-order valence-corrected chi connectivity index (χ1v) is 8.39. The van der Waals surface area contributed by atoms with Gasteiger partial charge in [-0.25, -0.2) is 9.97 Å². The van der Waals surface area contributed by atoms with Crippen LogP contribution in [-0.2, 0) is 6.54 Å². The summed E-state index contributed by atoms with van der Waals surface area (Å²) in [5.41, 5.74) is 1.12.